The van der Waals surface area contributed by atoms with E-state index in [2.05, 4.69) is 32.6 Å². The number of hydrogen-bond acceptors (Lipinski definition) is 3. The van der Waals surface area contributed by atoms with Crippen molar-refractivity contribution in [2.75, 3.05) is 26.2 Å². The highest BCUT2D eigenvalue weighted by atomic mass is 16.5. The van der Waals surface area contributed by atoms with Crippen molar-refractivity contribution in [1.29, 1.82) is 0 Å². The lowest BCUT2D eigenvalue weighted by Crippen LogP contribution is -2.51. The fraction of sp³-hybridized carbons (Fsp3) is 1.00. The van der Waals surface area contributed by atoms with Crippen LogP contribution in [0.15, 0.2) is 0 Å². The summed E-state index contributed by atoms with van der Waals surface area (Å²) in [6.45, 7) is 12.1. The zero-order chi connectivity index (χ0) is 11.5. The van der Waals surface area contributed by atoms with E-state index in [9.17, 15) is 5.11 Å². The second-order valence-electron chi connectivity index (χ2n) is 5.52. The SMILES string of the molecule is CCCN1CCOC(C(O)C(C)(C)C)C1. The van der Waals surface area contributed by atoms with Gasteiger partial charge in [0.1, 0.15) is 0 Å². The van der Waals surface area contributed by atoms with Gasteiger partial charge in [0.15, 0.2) is 0 Å². The molecule has 0 bridgehead atoms. The minimum absolute atomic E-state index is 0.0229. The molecule has 2 unspecified atom stereocenters. The Labute approximate surface area is 93.4 Å². The van der Waals surface area contributed by atoms with Crippen molar-refractivity contribution >= 4 is 0 Å². The van der Waals surface area contributed by atoms with Crippen LogP contribution < -0.4 is 0 Å². The normalized spacial score (nSPS) is 26.6. The number of aliphatic hydroxyl groups is 1. The average molecular weight is 215 g/mol. The van der Waals surface area contributed by atoms with Gasteiger partial charge in [0.25, 0.3) is 0 Å². The summed E-state index contributed by atoms with van der Waals surface area (Å²) < 4.78 is 5.65. The maximum absolute atomic E-state index is 10.1. The van der Waals surface area contributed by atoms with Crippen molar-refractivity contribution in [3.05, 3.63) is 0 Å². The number of morpholine rings is 1. The van der Waals surface area contributed by atoms with Crippen LogP contribution in [0.25, 0.3) is 0 Å². The van der Waals surface area contributed by atoms with E-state index in [0.717, 1.165) is 26.2 Å². The van der Waals surface area contributed by atoms with Crippen LogP contribution in [0.3, 0.4) is 0 Å². The van der Waals surface area contributed by atoms with Crippen LogP contribution in [0.5, 0.6) is 0 Å². The van der Waals surface area contributed by atoms with Crippen LogP contribution in [-0.4, -0.2) is 48.5 Å². The summed E-state index contributed by atoms with van der Waals surface area (Å²) in [6, 6.07) is 0. The van der Waals surface area contributed by atoms with E-state index >= 15 is 0 Å². The Morgan fingerprint density at radius 1 is 1.47 bits per heavy atom. The van der Waals surface area contributed by atoms with Crippen LogP contribution in [0, 0.1) is 5.41 Å². The van der Waals surface area contributed by atoms with Crippen molar-refractivity contribution in [3.8, 4) is 0 Å². The average Bonchev–Trinajstić information content (AvgIpc) is 2.16. The molecule has 1 N–H and O–H groups in total. The molecule has 0 aromatic rings. The molecular weight excluding hydrogens is 190 g/mol. The molecule has 1 fully saturated rings. The summed E-state index contributed by atoms with van der Waals surface area (Å²) in [5.74, 6) is 0. The van der Waals surface area contributed by atoms with Crippen molar-refractivity contribution in [2.45, 2.75) is 46.3 Å². The molecule has 0 aromatic carbocycles. The molecule has 3 heteroatoms. The van der Waals surface area contributed by atoms with Crippen LogP contribution in [0.4, 0.5) is 0 Å². The minimum atomic E-state index is -0.378. The number of rotatable bonds is 3. The van der Waals surface area contributed by atoms with E-state index in [-0.39, 0.29) is 17.6 Å². The summed E-state index contributed by atoms with van der Waals surface area (Å²) in [5, 5.41) is 10.1. The maximum atomic E-state index is 10.1. The van der Waals surface area contributed by atoms with Crippen molar-refractivity contribution in [2.24, 2.45) is 5.41 Å². The van der Waals surface area contributed by atoms with Gasteiger partial charge >= 0.3 is 0 Å². The molecule has 1 heterocycles. The van der Waals surface area contributed by atoms with Gasteiger partial charge in [0.2, 0.25) is 0 Å². The zero-order valence-electron chi connectivity index (χ0n) is 10.5. The second kappa shape index (κ2) is 5.28. The standard InChI is InChI=1S/C12H25NO2/c1-5-6-13-7-8-15-10(9-13)11(14)12(2,3)4/h10-11,14H,5-9H2,1-4H3. The first-order chi connectivity index (χ1) is 6.95. The van der Waals surface area contributed by atoms with Gasteiger partial charge in [-0.25, -0.2) is 0 Å². The predicted octanol–water partition coefficient (Wildman–Crippen LogP) is 1.50. The molecule has 1 aliphatic rings. The lowest BCUT2D eigenvalue weighted by molar-refractivity contribution is -0.119. The molecule has 90 valence electrons. The summed E-state index contributed by atoms with van der Waals surface area (Å²) in [6.07, 6.45) is 0.765. The Morgan fingerprint density at radius 2 is 2.13 bits per heavy atom. The van der Waals surface area contributed by atoms with Gasteiger partial charge in [-0.1, -0.05) is 27.7 Å². The van der Waals surface area contributed by atoms with Gasteiger partial charge in [-0.05, 0) is 18.4 Å². The second-order valence-corrected chi connectivity index (χ2v) is 5.52. The molecule has 0 aliphatic carbocycles. The molecule has 0 spiro atoms. The van der Waals surface area contributed by atoms with Crippen molar-refractivity contribution in [3.63, 3.8) is 0 Å². The molecule has 1 rings (SSSR count). The van der Waals surface area contributed by atoms with E-state index in [0.29, 0.717) is 0 Å². The largest absolute Gasteiger partial charge is 0.390 e. The van der Waals surface area contributed by atoms with Crippen LogP contribution >= 0.6 is 0 Å². The lowest BCUT2D eigenvalue weighted by atomic mass is 9.85. The fourth-order valence-corrected chi connectivity index (χ4v) is 2.00. The van der Waals surface area contributed by atoms with Crippen LogP contribution in [0.2, 0.25) is 0 Å². The number of hydrogen-bond donors (Lipinski definition) is 1. The highest BCUT2D eigenvalue weighted by Crippen LogP contribution is 2.25. The van der Waals surface area contributed by atoms with Gasteiger partial charge in [-0.15, -0.1) is 0 Å². The van der Waals surface area contributed by atoms with Gasteiger partial charge in [0.05, 0.1) is 18.8 Å². The summed E-state index contributed by atoms with van der Waals surface area (Å²) in [7, 11) is 0. The molecule has 1 saturated heterocycles. The molecule has 0 amide bonds. The number of aliphatic hydroxyl groups excluding tert-OH is 1. The molecule has 3 nitrogen and oxygen atoms in total. The number of ether oxygens (including phenoxy) is 1. The third kappa shape index (κ3) is 3.74. The van der Waals surface area contributed by atoms with Crippen molar-refractivity contribution in [1.82, 2.24) is 4.90 Å². The van der Waals surface area contributed by atoms with Gasteiger partial charge in [-0.3, -0.25) is 4.90 Å². The van der Waals surface area contributed by atoms with Crippen molar-refractivity contribution < 1.29 is 9.84 Å². The maximum Gasteiger partial charge on any atom is 0.0966 e. The fourth-order valence-electron chi connectivity index (χ4n) is 2.00. The van der Waals surface area contributed by atoms with Gasteiger partial charge in [0, 0.05) is 13.1 Å². The summed E-state index contributed by atoms with van der Waals surface area (Å²) in [4.78, 5) is 2.38. The van der Waals surface area contributed by atoms with Gasteiger partial charge in [-0.2, -0.15) is 0 Å². The summed E-state index contributed by atoms with van der Waals surface area (Å²) >= 11 is 0. The van der Waals surface area contributed by atoms with E-state index in [1.807, 2.05) is 0 Å². The monoisotopic (exact) mass is 215 g/mol. The Morgan fingerprint density at radius 3 is 2.67 bits per heavy atom. The predicted molar refractivity (Wildman–Crippen MR) is 61.9 cm³/mol. The summed E-state index contributed by atoms with van der Waals surface area (Å²) in [5.41, 5.74) is -0.0973. The molecule has 1 aliphatic heterocycles. The van der Waals surface area contributed by atoms with E-state index in [1.54, 1.807) is 0 Å². The molecule has 15 heavy (non-hydrogen) atoms. The molecule has 0 saturated carbocycles. The van der Waals surface area contributed by atoms with E-state index < -0.39 is 0 Å². The number of nitrogens with zero attached hydrogens (tertiary/aromatic N) is 1. The topological polar surface area (TPSA) is 32.7 Å². The van der Waals surface area contributed by atoms with Gasteiger partial charge < -0.3 is 9.84 Å². The first kappa shape index (κ1) is 12.9. The van der Waals surface area contributed by atoms with Crippen LogP contribution in [-0.2, 0) is 4.74 Å². The van der Waals surface area contributed by atoms with Crippen LogP contribution in [0.1, 0.15) is 34.1 Å². The lowest BCUT2D eigenvalue weighted by Gasteiger charge is -2.39. The Bertz CT molecular complexity index is 187. The Kier molecular flexibility index (Phi) is 4.56. The zero-order valence-corrected chi connectivity index (χ0v) is 10.5. The third-order valence-electron chi connectivity index (χ3n) is 2.96. The first-order valence-electron chi connectivity index (χ1n) is 5.97. The van der Waals surface area contributed by atoms with E-state index in [1.165, 1.54) is 6.42 Å². The highest BCUT2D eigenvalue weighted by Gasteiger charge is 2.34. The molecule has 0 radical (unpaired) electrons. The smallest absolute Gasteiger partial charge is 0.0966 e. The quantitative estimate of drug-likeness (QED) is 0.774. The molecular formula is C12H25NO2. The molecule has 0 aromatic heterocycles. The van der Waals surface area contributed by atoms with E-state index in [4.69, 9.17) is 4.74 Å². The third-order valence-corrected chi connectivity index (χ3v) is 2.96. The highest BCUT2D eigenvalue weighted by molar-refractivity contribution is 4.85. The first-order valence-corrected chi connectivity index (χ1v) is 5.97. The Hall–Kier alpha value is -0.120. The molecule has 2 atom stereocenters. The Balaban J connectivity index is 2.48. The minimum Gasteiger partial charge on any atom is -0.390 e.